The summed E-state index contributed by atoms with van der Waals surface area (Å²) in [6, 6.07) is 11.0. The standard InChI is InChI=1S/C15H16ClNOS/c1-18-13-5-2-10(14-6-7-15(16)19-14)8-11(13)9-17-12-3-4-12/h2,5-8,12,17H,3-4,9H2,1H3. The van der Waals surface area contributed by atoms with Crippen molar-refractivity contribution in [2.75, 3.05) is 7.11 Å². The molecular weight excluding hydrogens is 278 g/mol. The number of halogens is 1. The van der Waals surface area contributed by atoms with E-state index in [2.05, 4.69) is 23.5 Å². The molecule has 1 saturated carbocycles. The van der Waals surface area contributed by atoms with Crippen LogP contribution in [0.4, 0.5) is 0 Å². The summed E-state index contributed by atoms with van der Waals surface area (Å²) < 4.78 is 6.25. The Balaban J connectivity index is 1.86. The van der Waals surface area contributed by atoms with E-state index in [0.29, 0.717) is 6.04 Å². The van der Waals surface area contributed by atoms with E-state index in [1.165, 1.54) is 28.8 Å². The summed E-state index contributed by atoms with van der Waals surface area (Å²) in [5.74, 6) is 0.944. The van der Waals surface area contributed by atoms with E-state index in [4.69, 9.17) is 16.3 Å². The van der Waals surface area contributed by atoms with Gasteiger partial charge < -0.3 is 10.1 Å². The van der Waals surface area contributed by atoms with Crippen LogP contribution in [-0.2, 0) is 6.54 Å². The molecule has 3 rings (SSSR count). The van der Waals surface area contributed by atoms with Crippen molar-refractivity contribution in [3.63, 3.8) is 0 Å². The van der Waals surface area contributed by atoms with Crippen LogP contribution in [0, 0.1) is 0 Å². The minimum atomic E-state index is 0.699. The van der Waals surface area contributed by atoms with Gasteiger partial charge in [0.2, 0.25) is 0 Å². The summed E-state index contributed by atoms with van der Waals surface area (Å²) in [4.78, 5) is 1.19. The van der Waals surface area contributed by atoms with Gasteiger partial charge in [0.25, 0.3) is 0 Å². The zero-order chi connectivity index (χ0) is 13.2. The number of hydrogen-bond donors (Lipinski definition) is 1. The van der Waals surface area contributed by atoms with Crippen molar-refractivity contribution in [3.8, 4) is 16.2 Å². The first-order chi connectivity index (χ1) is 9.26. The second kappa shape index (κ2) is 5.53. The topological polar surface area (TPSA) is 21.3 Å². The molecule has 1 aliphatic carbocycles. The van der Waals surface area contributed by atoms with E-state index in [1.54, 1.807) is 18.4 Å². The van der Waals surface area contributed by atoms with Gasteiger partial charge in [0, 0.05) is 23.0 Å². The summed E-state index contributed by atoms with van der Waals surface area (Å²) in [5, 5.41) is 3.53. The molecule has 0 bridgehead atoms. The Kier molecular flexibility index (Phi) is 3.78. The molecule has 0 amide bonds. The number of rotatable bonds is 5. The first kappa shape index (κ1) is 13.0. The molecule has 0 unspecified atom stereocenters. The van der Waals surface area contributed by atoms with Gasteiger partial charge in [-0.25, -0.2) is 0 Å². The van der Waals surface area contributed by atoms with E-state index in [1.807, 2.05) is 12.1 Å². The summed E-state index contributed by atoms with van der Waals surface area (Å²) in [5.41, 5.74) is 2.40. The van der Waals surface area contributed by atoms with Crippen molar-refractivity contribution in [2.45, 2.75) is 25.4 Å². The average Bonchev–Trinajstić information content (AvgIpc) is 3.16. The lowest BCUT2D eigenvalue weighted by Crippen LogP contribution is -2.15. The maximum atomic E-state index is 6.00. The Morgan fingerprint density at radius 2 is 2.16 bits per heavy atom. The third kappa shape index (κ3) is 3.11. The summed E-state index contributed by atoms with van der Waals surface area (Å²) in [6.07, 6.45) is 2.59. The maximum absolute atomic E-state index is 6.00. The minimum absolute atomic E-state index is 0.699. The molecule has 1 fully saturated rings. The van der Waals surface area contributed by atoms with Gasteiger partial charge in [0.1, 0.15) is 5.75 Å². The SMILES string of the molecule is COc1ccc(-c2ccc(Cl)s2)cc1CNC1CC1. The minimum Gasteiger partial charge on any atom is -0.496 e. The smallest absolute Gasteiger partial charge is 0.123 e. The maximum Gasteiger partial charge on any atom is 0.123 e. The van der Waals surface area contributed by atoms with Crippen molar-refractivity contribution in [1.29, 1.82) is 0 Å². The highest BCUT2D eigenvalue weighted by atomic mass is 35.5. The number of benzene rings is 1. The molecule has 0 spiro atoms. The zero-order valence-electron chi connectivity index (χ0n) is 10.8. The zero-order valence-corrected chi connectivity index (χ0v) is 12.4. The van der Waals surface area contributed by atoms with E-state index < -0.39 is 0 Å². The lowest BCUT2D eigenvalue weighted by atomic mass is 10.1. The Morgan fingerprint density at radius 3 is 2.79 bits per heavy atom. The van der Waals surface area contributed by atoms with Gasteiger partial charge in [0.15, 0.2) is 0 Å². The number of ether oxygens (including phenoxy) is 1. The normalized spacial score (nSPS) is 14.6. The van der Waals surface area contributed by atoms with Crippen LogP contribution >= 0.6 is 22.9 Å². The Bertz CT molecular complexity index is 577. The second-order valence-corrected chi connectivity index (χ2v) is 6.50. The largest absolute Gasteiger partial charge is 0.496 e. The molecule has 1 aliphatic rings. The van der Waals surface area contributed by atoms with Crippen LogP contribution in [0.2, 0.25) is 4.34 Å². The molecule has 1 aromatic heterocycles. The van der Waals surface area contributed by atoms with Gasteiger partial charge in [-0.15, -0.1) is 11.3 Å². The van der Waals surface area contributed by atoms with Gasteiger partial charge in [-0.2, -0.15) is 0 Å². The Labute approximate surface area is 122 Å². The monoisotopic (exact) mass is 293 g/mol. The first-order valence-electron chi connectivity index (χ1n) is 6.42. The van der Waals surface area contributed by atoms with Gasteiger partial charge in [-0.3, -0.25) is 0 Å². The summed E-state index contributed by atoms with van der Waals surface area (Å²) >= 11 is 7.61. The molecule has 19 heavy (non-hydrogen) atoms. The van der Waals surface area contributed by atoms with Gasteiger partial charge in [-0.1, -0.05) is 11.6 Å². The average molecular weight is 294 g/mol. The van der Waals surface area contributed by atoms with Gasteiger partial charge >= 0.3 is 0 Å². The summed E-state index contributed by atoms with van der Waals surface area (Å²) in [7, 11) is 1.72. The lowest BCUT2D eigenvalue weighted by molar-refractivity contribution is 0.407. The van der Waals surface area contributed by atoms with Crippen LogP contribution in [-0.4, -0.2) is 13.2 Å². The molecule has 0 atom stereocenters. The Morgan fingerprint density at radius 1 is 1.32 bits per heavy atom. The molecular formula is C15H16ClNOS. The van der Waals surface area contributed by atoms with E-state index in [-0.39, 0.29) is 0 Å². The fraction of sp³-hybridized carbons (Fsp3) is 0.333. The van der Waals surface area contributed by atoms with E-state index in [9.17, 15) is 0 Å². The number of hydrogen-bond acceptors (Lipinski definition) is 3. The summed E-state index contributed by atoms with van der Waals surface area (Å²) in [6.45, 7) is 0.862. The third-order valence-electron chi connectivity index (χ3n) is 3.30. The fourth-order valence-electron chi connectivity index (χ4n) is 2.08. The fourth-order valence-corrected chi connectivity index (χ4v) is 3.12. The van der Waals surface area contributed by atoms with Crippen LogP contribution in [0.1, 0.15) is 18.4 Å². The predicted molar refractivity (Wildman–Crippen MR) is 81.2 cm³/mol. The van der Waals surface area contributed by atoms with Crippen molar-refractivity contribution in [2.24, 2.45) is 0 Å². The van der Waals surface area contributed by atoms with Crippen molar-refractivity contribution >= 4 is 22.9 Å². The molecule has 0 aliphatic heterocycles. The van der Waals surface area contributed by atoms with Crippen LogP contribution < -0.4 is 10.1 Å². The van der Waals surface area contributed by atoms with Gasteiger partial charge in [-0.05, 0) is 48.7 Å². The first-order valence-corrected chi connectivity index (χ1v) is 7.62. The molecule has 1 aromatic carbocycles. The van der Waals surface area contributed by atoms with Crippen molar-refractivity contribution in [1.82, 2.24) is 5.32 Å². The molecule has 4 heteroatoms. The van der Waals surface area contributed by atoms with Crippen LogP contribution in [0.15, 0.2) is 30.3 Å². The van der Waals surface area contributed by atoms with E-state index >= 15 is 0 Å². The molecule has 2 nitrogen and oxygen atoms in total. The molecule has 0 saturated heterocycles. The van der Waals surface area contributed by atoms with E-state index in [0.717, 1.165) is 16.6 Å². The predicted octanol–water partition coefficient (Wildman–Crippen LogP) is 4.33. The highest BCUT2D eigenvalue weighted by Crippen LogP contribution is 2.33. The van der Waals surface area contributed by atoms with Crippen molar-refractivity contribution < 1.29 is 4.74 Å². The highest BCUT2D eigenvalue weighted by Gasteiger charge is 2.20. The van der Waals surface area contributed by atoms with Crippen LogP contribution in [0.25, 0.3) is 10.4 Å². The molecule has 0 radical (unpaired) electrons. The lowest BCUT2D eigenvalue weighted by Gasteiger charge is -2.11. The number of thiophene rings is 1. The van der Waals surface area contributed by atoms with Crippen LogP contribution in [0.5, 0.6) is 5.75 Å². The molecule has 100 valence electrons. The third-order valence-corrected chi connectivity index (χ3v) is 4.58. The quantitative estimate of drug-likeness (QED) is 0.886. The highest BCUT2D eigenvalue weighted by molar-refractivity contribution is 7.19. The second-order valence-electron chi connectivity index (χ2n) is 4.79. The molecule has 1 N–H and O–H groups in total. The van der Waals surface area contributed by atoms with Gasteiger partial charge in [0.05, 0.1) is 11.4 Å². The van der Waals surface area contributed by atoms with Crippen molar-refractivity contribution in [3.05, 3.63) is 40.2 Å². The number of methoxy groups -OCH3 is 1. The number of nitrogens with one attached hydrogen (secondary N) is 1. The molecule has 2 aromatic rings. The Hall–Kier alpha value is -1.03. The van der Waals surface area contributed by atoms with Crippen LogP contribution in [0.3, 0.4) is 0 Å². The molecule has 1 heterocycles.